The van der Waals surface area contributed by atoms with Crippen LogP contribution in [0.4, 0.5) is 30.4 Å². The van der Waals surface area contributed by atoms with Crippen molar-refractivity contribution >= 4 is 40.7 Å². The van der Waals surface area contributed by atoms with Gasteiger partial charge in [0.05, 0.1) is 34.3 Å². The van der Waals surface area contributed by atoms with E-state index >= 15 is 0 Å². The number of carbonyl (C=O) groups excluding carboxylic acids is 2. The molecule has 2 atom stereocenters. The lowest BCUT2D eigenvalue weighted by Crippen LogP contribution is -2.31. The molecule has 11 heteroatoms. The largest absolute Gasteiger partial charge is 0.489 e. The molecule has 5 rings (SSSR count). The topological polar surface area (TPSA) is 80.8 Å². The van der Waals surface area contributed by atoms with Crippen molar-refractivity contribution in [2.75, 3.05) is 23.4 Å². The first-order valence-electron chi connectivity index (χ1n) is 13.5. The van der Waals surface area contributed by atoms with E-state index in [-0.39, 0.29) is 29.6 Å². The molecule has 0 bridgehead atoms. The van der Waals surface area contributed by atoms with Crippen LogP contribution in [0.3, 0.4) is 0 Å². The van der Waals surface area contributed by atoms with Crippen molar-refractivity contribution in [2.24, 2.45) is 0 Å². The van der Waals surface area contributed by atoms with Gasteiger partial charge in [-0.1, -0.05) is 48.0 Å². The van der Waals surface area contributed by atoms with Crippen molar-refractivity contribution in [1.82, 2.24) is 4.98 Å². The fourth-order valence-electron chi connectivity index (χ4n) is 4.68. The van der Waals surface area contributed by atoms with Gasteiger partial charge in [-0.2, -0.15) is 13.2 Å². The Kier molecular flexibility index (Phi) is 8.59. The Morgan fingerprint density at radius 3 is 2.40 bits per heavy atom. The number of carbonyl (C=O) groups is 2. The minimum Gasteiger partial charge on any atom is -0.489 e. The van der Waals surface area contributed by atoms with Crippen LogP contribution >= 0.6 is 11.6 Å². The second-order valence-electron chi connectivity index (χ2n) is 9.97. The number of nitrogens with zero attached hydrogens (tertiary/aromatic N) is 2. The van der Waals surface area contributed by atoms with Crippen LogP contribution in [0, 0.1) is 0 Å². The number of benzene rings is 3. The third kappa shape index (κ3) is 6.59. The molecule has 4 aromatic rings. The Morgan fingerprint density at radius 2 is 1.72 bits per heavy atom. The molecule has 0 aliphatic carbocycles. The van der Waals surface area contributed by atoms with Crippen LogP contribution in [0.5, 0.6) is 5.75 Å². The van der Waals surface area contributed by atoms with E-state index in [0.29, 0.717) is 28.6 Å². The number of nitrogens with one attached hydrogen (secondary N) is 1. The van der Waals surface area contributed by atoms with Gasteiger partial charge in [-0.3, -0.25) is 9.59 Å². The van der Waals surface area contributed by atoms with E-state index in [1.54, 1.807) is 44.3 Å². The van der Waals surface area contributed by atoms with Crippen LogP contribution in [-0.2, 0) is 15.7 Å². The molecule has 1 aromatic heterocycles. The Bertz CT molecular complexity index is 1630. The normalized spacial score (nSPS) is 14.2. The first kappa shape index (κ1) is 29.9. The highest BCUT2D eigenvalue weighted by Gasteiger charge is 2.31. The van der Waals surface area contributed by atoms with Gasteiger partial charge in [-0.25, -0.2) is 4.98 Å². The monoisotopic (exact) mass is 609 g/mol. The second-order valence-corrected chi connectivity index (χ2v) is 10.4. The minimum absolute atomic E-state index is 0.197. The zero-order valence-electron chi connectivity index (χ0n) is 23.2. The van der Waals surface area contributed by atoms with E-state index in [1.807, 2.05) is 35.2 Å². The molecule has 43 heavy (non-hydrogen) atoms. The summed E-state index contributed by atoms with van der Waals surface area (Å²) in [6.07, 6.45) is -3.49. The number of amides is 1. The van der Waals surface area contributed by atoms with Gasteiger partial charge < -0.3 is 19.7 Å². The predicted molar refractivity (Wildman–Crippen MR) is 157 cm³/mol. The highest BCUT2D eigenvalue weighted by molar-refractivity contribution is 6.33. The van der Waals surface area contributed by atoms with Gasteiger partial charge in [-0.05, 0) is 61.9 Å². The number of pyridine rings is 1. The number of rotatable bonds is 7. The van der Waals surface area contributed by atoms with E-state index < -0.39 is 29.7 Å². The first-order valence-corrected chi connectivity index (χ1v) is 13.8. The zero-order valence-corrected chi connectivity index (χ0v) is 23.9. The highest BCUT2D eigenvalue weighted by atomic mass is 35.5. The maximum absolute atomic E-state index is 13.1. The number of aromatic nitrogens is 1. The summed E-state index contributed by atoms with van der Waals surface area (Å²) in [6.45, 7) is 4.14. The van der Waals surface area contributed by atoms with Crippen LogP contribution in [0.25, 0.3) is 0 Å². The van der Waals surface area contributed by atoms with Crippen LogP contribution in [0.15, 0.2) is 85.1 Å². The summed E-state index contributed by atoms with van der Waals surface area (Å²) in [4.78, 5) is 32.2. The number of hydrogen-bond donors (Lipinski definition) is 1. The lowest BCUT2D eigenvalue weighted by Gasteiger charge is -2.32. The second kappa shape index (κ2) is 12.3. The molecule has 1 N–H and O–H groups in total. The number of para-hydroxylation sites is 1. The van der Waals surface area contributed by atoms with E-state index in [1.165, 1.54) is 12.1 Å². The van der Waals surface area contributed by atoms with E-state index in [4.69, 9.17) is 21.1 Å². The number of anilines is 3. The molecule has 1 unspecified atom stereocenters. The molecule has 7 nitrogen and oxygen atoms in total. The number of esters is 1. The van der Waals surface area contributed by atoms with E-state index in [2.05, 4.69) is 10.3 Å². The molecule has 1 amide bonds. The van der Waals surface area contributed by atoms with Crippen LogP contribution in [0.2, 0.25) is 5.02 Å². The van der Waals surface area contributed by atoms with Gasteiger partial charge in [0.1, 0.15) is 12.7 Å². The summed E-state index contributed by atoms with van der Waals surface area (Å²) in [6, 6.07) is 20.2. The summed E-state index contributed by atoms with van der Waals surface area (Å²) in [5.41, 5.74) is 1.60. The summed E-state index contributed by atoms with van der Waals surface area (Å²) in [5, 5.41) is 2.93. The Morgan fingerprint density at radius 1 is 1.00 bits per heavy atom. The van der Waals surface area contributed by atoms with Crippen molar-refractivity contribution in [3.8, 4) is 5.75 Å². The fourth-order valence-corrected chi connectivity index (χ4v) is 4.95. The number of fused-ring (bicyclic) bond motifs is 1. The smallest absolute Gasteiger partial charge is 0.416 e. The molecule has 222 valence electrons. The first-order chi connectivity index (χ1) is 20.5. The molecule has 1 aliphatic rings. The lowest BCUT2D eigenvalue weighted by molar-refractivity contribution is -0.150. The van der Waals surface area contributed by atoms with Crippen molar-refractivity contribution in [3.05, 3.63) is 112 Å². The molecule has 0 radical (unpaired) electrons. The van der Waals surface area contributed by atoms with Gasteiger partial charge in [0, 0.05) is 17.4 Å². The van der Waals surface area contributed by atoms with Gasteiger partial charge in [0.2, 0.25) is 0 Å². The summed E-state index contributed by atoms with van der Waals surface area (Å²) in [5.74, 6) is -0.651. The Hall–Kier alpha value is -4.57. The Labute approximate surface area is 251 Å². The third-order valence-electron chi connectivity index (χ3n) is 7.08. The quantitative estimate of drug-likeness (QED) is 0.214. The fraction of sp³-hybridized carbons (Fsp3) is 0.219. The van der Waals surface area contributed by atoms with Gasteiger partial charge in [0.25, 0.3) is 5.91 Å². The number of halogens is 4. The molecule has 3 aromatic carbocycles. The van der Waals surface area contributed by atoms with E-state index in [0.717, 1.165) is 17.7 Å². The molecular weight excluding hydrogens is 583 g/mol. The number of hydrogen-bond acceptors (Lipinski definition) is 6. The molecule has 2 heterocycles. The standard InChI is InChI=1S/C32H27ClF3N3O4/c1-19(21-7-4-3-5-8-21)31(41)43-20(2)22-17-26(33)29(37-18-22)39-15-16-42-28-25(9-6-10-27(28)39)30(40)38-24-13-11-23(12-14-24)32(34,35)36/h3-14,17-20H,15-16H2,1-2H3,(H,38,40)/t19-,20?/m1/s1. The molecule has 0 saturated heterocycles. The van der Waals surface area contributed by atoms with Gasteiger partial charge in [0.15, 0.2) is 11.6 Å². The van der Waals surface area contributed by atoms with Crippen LogP contribution in [0.1, 0.15) is 52.9 Å². The van der Waals surface area contributed by atoms with Crippen molar-refractivity contribution < 1.29 is 32.2 Å². The maximum Gasteiger partial charge on any atom is 0.416 e. The molecular formula is C32H27ClF3N3O4. The van der Waals surface area contributed by atoms with E-state index in [9.17, 15) is 22.8 Å². The lowest BCUT2D eigenvalue weighted by atomic mass is 10.0. The molecule has 0 fully saturated rings. The number of ether oxygens (including phenoxy) is 2. The summed E-state index contributed by atoms with van der Waals surface area (Å²) < 4.78 is 50.2. The van der Waals surface area contributed by atoms with Crippen LogP contribution < -0.4 is 15.0 Å². The van der Waals surface area contributed by atoms with Crippen molar-refractivity contribution in [2.45, 2.75) is 32.0 Å². The van der Waals surface area contributed by atoms with Gasteiger partial charge in [-0.15, -0.1) is 0 Å². The highest BCUT2D eigenvalue weighted by Crippen LogP contribution is 2.41. The van der Waals surface area contributed by atoms with Crippen molar-refractivity contribution in [1.29, 1.82) is 0 Å². The number of alkyl halides is 3. The zero-order chi connectivity index (χ0) is 30.7. The summed E-state index contributed by atoms with van der Waals surface area (Å²) >= 11 is 6.68. The maximum atomic E-state index is 13.1. The SMILES string of the molecule is CC(OC(=O)[C@H](C)c1ccccc1)c1cnc(N2CCOc3c(C(=O)Nc4ccc(C(F)(F)F)cc4)cccc32)c(Cl)c1. The predicted octanol–water partition coefficient (Wildman–Crippen LogP) is 7.94. The summed E-state index contributed by atoms with van der Waals surface area (Å²) in [7, 11) is 0. The minimum atomic E-state index is -4.48. The molecule has 0 spiro atoms. The van der Waals surface area contributed by atoms with Gasteiger partial charge >= 0.3 is 12.1 Å². The average molecular weight is 610 g/mol. The van der Waals surface area contributed by atoms with Crippen molar-refractivity contribution in [3.63, 3.8) is 0 Å². The average Bonchev–Trinajstić information content (AvgIpc) is 3.00. The van der Waals surface area contributed by atoms with Crippen LogP contribution in [-0.4, -0.2) is 30.0 Å². The molecule has 1 aliphatic heterocycles. The Balaban J connectivity index is 1.32. The third-order valence-corrected chi connectivity index (χ3v) is 7.35. The molecule has 0 saturated carbocycles.